The molecule has 0 fully saturated rings. The summed E-state index contributed by atoms with van der Waals surface area (Å²) in [5.41, 5.74) is 12.4. The van der Waals surface area contributed by atoms with E-state index in [1.165, 1.54) is 6.20 Å². The second-order valence-electron chi connectivity index (χ2n) is 7.58. The van der Waals surface area contributed by atoms with Crippen molar-refractivity contribution in [3.8, 4) is 0 Å². The zero-order valence-electron chi connectivity index (χ0n) is 17.7. The number of amides is 2. The van der Waals surface area contributed by atoms with Crippen LogP contribution in [0.5, 0.6) is 0 Å². The standard InChI is InChI=1S/C23H24F3N5O2/c24-16-8-13(9-17(25)21(16)26)10-20(31-22(32)18(28)5-3-7-27)23(33)30-15-11-14-4-1-2-6-19(14)29-12-15/h1-2,4,6,8-9,11-12,18,20H,3,5,7,10,27-28H2,(H,30,33)(H,31,32)/t18-,20+/m0/s1. The van der Waals surface area contributed by atoms with Crippen molar-refractivity contribution in [3.05, 3.63) is 71.7 Å². The van der Waals surface area contributed by atoms with Crippen LogP contribution in [0.25, 0.3) is 10.9 Å². The summed E-state index contributed by atoms with van der Waals surface area (Å²) in [6, 6.07) is 8.36. The molecule has 2 aromatic carbocycles. The van der Waals surface area contributed by atoms with Crippen LogP contribution in [-0.2, 0) is 16.0 Å². The van der Waals surface area contributed by atoms with Crippen molar-refractivity contribution < 1.29 is 22.8 Å². The number of fused-ring (bicyclic) bond motifs is 1. The van der Waals surface area contributed by atoms with Crippen LogP contribution in [0.4, 0.5) is 18.9 Å². The maximum Gasteiger partial charge on any atom is 0.247 e. The molecule has 7 nitrogen and oxygen atoms in total. The molecule has 0 unspecified atom stereocenters. The van der Waals surface area contributed by atoms with Crippen LogP contribution in [-0.4, -0.2) is 35.4 Å². The smallest absolute Gasteiger partial charge is 0.247 e. The van der Waals surface area contributed by atoms with Crippen molar-refractivity contribution in [1.82, 2.24) is 10.3 Å². The van der Waals surface area contributed by atoms with Gasteiger partial charge in [0.1, 0.15) is 6.04 Å². The van der Waals surface area contributed by atoms with Crippen LogP contribution in [0.2, 0.25) is 0 Å². The highest BCUT2D eigenvalue weighted by Crippen LogP contribution is 2.18. The lowest BCUT2D eigenvalue weighted by atomic mass is 10.0. The third-order valence-corrected chi connectivity index (χ3v) is 5.03. The Balaban J connectivity index is 1.82. The molecule has 2 atom stereocenters. The molecule has 0 bridgehead atoms. The summed E-state index contributed by atoms with van der Waals surface area (Å²) < 4.78 is 40.7. The number of carbonyl (C=O) groups is 2. The van der Waals surface area contributed by atoms with Crippen molar-refractivity contribution in [2.45, 2.75) is 31.3 Å². The maximum atomic E-state index is 13.7. The first-order valence-corrected chi connectivity index (χ1v) is 10.3. The first-order chi connectivity index (χ1) is 15.8. The Morgan fingerprint density at radius 3 is 2.42 bits per heavy atom. The molecule has 0 saturated heterocycles. The molecule has 3 aromatic rings. The number of halogens is 3. The van der Waals surface area contributed by atoms with Crippen molar-refractivity contribution in [2.75, 3.05) is 11.9 Å². The number of para-hydroxylation sites is 1. The summed E-state index contributed by atoms with van der Waals surface area (Å²) in [6.07, 6.45) is 1.95. The van der Waals surface area contributed by atoms with Gasteiger partial charge in [-0.15, -0.1) is 0 Å². The van der Waals surface area contributed by atoms with Crippen molar-refractivity contribution in [1.29, 1.82) is 0 Å². The highest BCUT2D eigenvalue weighted by Gasteiger charge is 2.25. The van der Waals surface area contributed by atoms with Crippen LogP contribution in [0.15, 0.2) is 48.7 Å². The molecule has 0 aliphatic carbocycles. The molecule has 10 heteroatoms. The summed E-state index contributed by atoms with van der Waals surface area (Å²) in [5.74, 6) is -5.68. The number of nitrogens with two attached hydrogens (primary N) is 2. The molecule has 3 rings (SSSR count). The number of pyridine rings is 1. The van der Waals surface area contributed by atoms with Gasteiger partial charge in [-0.05, 0) is 49.2 Å². The van der Waals surface area contributed by atoms with Crippen LogP contribution in [0, 0.1) is 17.5 Å². The summed E-state index contributed by atoms with van der Waals surface area (Å²) in [5, 5.41) is 5.93. The number of carbonyl (C=O) groups excluding carboxylic acids is 2. The summed E-state index contributed by atoms with van der Waals surface area (Å²) in [6.45, 7) is 0.341. The van der Waals surface area contributed by atoms with Gasteiger partial charge in [-0.3, -0.25) is 14.6 Å². The number of hydrogen-bond donors (Lipinski definition) is 4. The molecule has 1 aromatic heterocycles. The van der Waals surface area contributed by atoms with Gasteiger partial charge in [0.2, 0.25) is 11.8 Å². The van der Waals surface area contributed by atoms with E-state index in [9.17, 15) is 22.8 Å². The quantitative estimate of drug-likeness (QED) is 0.366. The van der Waals surface area contributed by atoms with Gasteiger partial charge in [0.15, 0.2) is 17.5 Å². The van der Waals surface area contributed by atoms with E-state index in [-0.39, 0.29) is 12.0 Å². The van der Waals surface area contributed by atoms with E-state index in [0.29, 0.717) is 25.1 Å². The minimum atomic E-state index is -1.62. The topological polar surface area (TPSA) is 123 Å². The minimum absolute atomic E-state index is 0.0148. The van der Waals surface area contributed by atoms with E-state index in [1.54, 1.807) is 6.07 Å². The molecule has 2 amide bonds. The molecule has 174 valence electrons. The van der Waals surface area contributed by atoms with Crippen LogP contribution < -0.4 is 22.1 Å². The summed E-state index contributed by atoms with van der Waals surface area (Å²) in [7, 11) is 0. The average Bonchev–Trinajstić information content (AvgIpc) is 2.80. The summed E-state index contributed by atoms with van der Waals surface area (Å²) >= 11 is 0. The Morgan fingerprint density at radius 1 is 1.03 bits per heavy atom. The number of hydrogen-bond acceptors (Lipinski definition) is 5. The monoisotopic (exact) mass is 459 g/mol. The molecule has 0 spiro atoms. The van der Waals surface area contributed by atoms with Gasteiger partial charge in [0, 0.05) is 11.8 Å². The lowest BCUT2D eigenvalue weighted by Gasteiger charge is -2.21. The molecule has 6 N–H and O–H groups in total. The fraction of sp³-hybridized carbons (Fsp3) is 0.261. The highest BCUT2D eigenvalue weighted by atomic mass is 19.2. The molecule has 0 saturated carbocycles. The van der Waals surface area contributed by atoms with E-state index in [2.05, 4.69) is 15.6 Å². The predicted molar refractivity (Wildman–Crippen MR) is 119 cm³/mol. The van der Waals surface area contributed by atoms with Crippen molar-refractivity contribution >= 4 is 28.4 Å². The fourth-order valence-corrected chi connectivity index (χ4v) is 3.29. The first-order valence-electron chi connectivity index (χ1n) is 10.3. The van der Waals surface area contributed by atoms with Gasteiger partial charge in [0.05, 0.1) is 23.4 Å². The third kappa shape index (κ3) is 6.27. The normalized spacial score (nSPS) is 12.9. The molecule has 33 heavy (non-hydrogen) atoms. The lowest BCUT2D eigenvalue weighted by molar-refractivity contribution is -0.127. The number of nitrogens with zero attached hydrogens (tertiary/aromatic N) is 1. The minimum Gasteiger partial charge on any atom is -0.343 e. The fourth-order valence-electron chi connectivity index (χ4n) is 3.29. The third-order valence-electron chi connectivity index (χ3n) is 5.03. The van der Waals surface area contributed by atoms with Crippen LogP contribution in [0.1, 0.15) is 18.4 Å². The van der Waals surface area contributed by atoms with Gasteiger partial charge in [0.25, 0.3) is 0 Å². The van der Waals surface area contributed by atoms with E-state index in [1.807, 2.05) is 24.3 Å². The molecular weight excluding hydrogens is 435 g/mol. The van der Waals surface area contributed by atoms with E-state index >= 15 is 0 Å². The molecular formula is C23H24F3N5O2. The van der Waals surface area contributed by atoms with Crippen molar-refractivity contribution in [2.24, 2.45) is 11.5 Å². The Labute approximate surface area is 188 Å². The number of anilines is 1. The van der Waals surface area contributed by atoms with E-state index in [0.717, 1.165) is 23.0 Å². The Kier molecular flexibility index (Phi) is 7.96. The van der Waals surface area contributed by atoms with Crippen molar-refractivity contribution in [3.63, 3.8) is 0 Å². The first kappa shape index (κ1) is 24.1. The van der Waals surface area contributed by atoms with Gasteiger partial charge >= 0.3 is 0 Å². The zero-order chi connectivity index (χ0) is 24.0. The predicted octanol–water partition coefficient (Wildman–Crippen LogP) is 2.38. The molecule has 0 radical (unpaired) electrons. The van der Waals surface area contributed by atoms with Crippen LogP contribution in [0.3, 0.4) is 0 Å². The number of benzene rings is 2. The number of rotatable bonds is 9. The largest absolute Gasteiger partial charge is 0.343 e. The van der Waals surface area contributed by atoms with Gasteiger partial charge in [-0.1, -0.05) is 18.2 Å². The molecule has 0 aliphatic heterocycles. The van der Waals surface area contributed by atoms with Gasteiger partial charge in [-0.25, -0.2) is 13.2 Å². The Bertz CT molecular complexity index is 1130. The van der Waals surface area contributed by atoms with E-state index in [4.69, 9.17) is 11.5 Å². The van der Waals surface area contributed by atoms with E-state index < -0.39 is 41.3 Å². The lowest BCUT2D eigenvalue weighted by Crippen LogP contribution is -2.51. The summed E-state index contributed by atoms with van der Waals surface area (Å²) in [4.78, 5) is 29.7. The second-order valence-corrected chi connectivity index (χ2v) is 7.58. The number of aromatic nitrogens is 1. The van der Waals surface area contributed by atoms with Crippen LogP contribution >= 0.6 is 0 Å². The number of nitrogens with one attached hydrogen (secondary N) is 2. The molecule has 0 aliphatic rings. The van der Waals surface area contributed by atoms with Gasteiger partial charge < -0.3 is 22.1 Å². The highest BCUT2D eigenvalue weighted by molar-refractivity contribution is 5.99. The second kappa shape index (κ2) is 10.9. The Morgan fingerprint density at radius 2 is 1.73 bits per heavy atom. The zero-order valence-corrected chi connectivity index (χ0v) is 17.7. The maximum absolute atomic E-state index is 13.7. The average molecular weight is 459 g/mol. The SMILES string of the molecule is NCCC[C@H](N)C(=O)N[C@H](Cc1cc(F)c(F)c(F)c1)C(=O)Nc1cnc2ccccc2c1. The Hall–Kier alpha value is -3.50. The molecule has 1 heterocycles. The van der Waals surface area contributed by atoms with Gasteiger partial charge in [-0.2, -0.15) is 0 Å².